The number of rotatable bonds is 4. The van der Waals surface area contributed by atoms with E-state index in [1.165, 1.54) is 27.8 Å². The Morgan fingerprint density at radius 3 is 2.40 bits per heavy atom. The van der Waals surface area contributed by atoms with Crippen molar-refractivity contribution in [2.24, 2.45) is 0 Å². The fourth-order valence-electron chi connectivity index (χ4n) is 2.18. The Morgan fingerprint density at radius 1 is 1.00 bits per heavy atom. The van der Waals surface area contributed by atoms with Gasteiger partial charge < -0.3 is 0 Å². The second-order valence-corrected chi connectivity index (χ2v) is 4.80. The predicted molar refractivity (Wildman–Crippen MR) is 89.6 cm³/mol. The van der Waals surface area contributed by atoms with Crippen LogP contribution in [0.3, 0.4) is 0 Å². The van der Waals surface area contributed by atoms with Gasteiger partial charge in [0.25, 0.3) is 0 Å². The first kappa shape index (κ1) is 14.1. The average molecular weight is 260 g/mol. The number of benzene rings is 2. The number of hydrogen-bond donors (Lipinski definition) is 0. The number of hydrogen-bond acceptors (Lipinski definition) is 0. The lowest BCUT2D eigenvalue weighted by Crippen LogP contribution is -1.84. The van der Waals surface area contributed by atoms with Gasteiger partial charge >= 0.3 is 0 Å². The molecule has 0 nitrogen and oxygen atoms in total. The maximum atomic E-state index is 3.79. The summed E-state index contributed by atoms with van der Waals surface area (Å²) in [5, 5.41) is 0. The van der Waals surface area contributed by atoms with E-state index < -0.39 is 0 Å². The Bertz CT molecular complexity index is 640. The molecule has 0 saturated heterocycles. The zero-order chi connectivity index (χ0) is 14.4. The molecule has 0 aliphatic rings. The van der Waals surface area contributed by atoms with Crippen LogP contribution in [0.15, 0.2) is 79.4 Å². The van der Waals surface area contributed by atoms with Gasteiger partial charge in [0, 0.05) is 0 Å². The van der Waals surface area contributed by atoms with Crippen molar-refractivity contribution in [3.63, 3.8) is 0 Å². The minimum Gasteiger partial charge on any atom is -0.0990 e. The van der Waals surface area contributed by atoms with Gasteiger partial charge in [-0.1, -0.05) is 78.9 Å². The molecule has 0 radical (unpaired) electrons. The van der Waals surface area contributed by atoms with E-state index in [0.29, 0.717) is 0 Å². The third-order valence-corrected chi connectivity index (χ3v) is 3.22. The van der Waals surface area contributed by atoms with Crippen LogP contribution < -0.4 is 0 Å². The van der Waals surface area contributed by atoms with Gasteiger partial charge in [-0.15, -0.1) is 0 Å². The van der Waals surface area contributed by atoms with Gasteiger partial charge in [0.1, 0.15) is 0 Å². The molecular formula is C20H20. The van der Waals surface area contributed by atoms with Crippen molar-refractivity contribution in [2.45, 2.75) is 13.8 Å². The van der Waals surface area contributed by atoms with Gasteiger partial charge in [0.2, 0.25) is 0 Å². The molecule has 0 amide bonds. The Balaban J connectivity index is 2.44. The maximum Gasteiger partial charge on any atom is -0.0178 e. The molecule has 0 N–H and O–H groups in total. The van der Waals surface area contributed by atoms with Gasteiger partial charge in [0.05, 0.1) is 0 Å². The van der Waals surface area contributed by atoms with Crippen LogP contribution in [0.2, 0.25) is 0 Å². The summed E-state index contributed by atoms with van der Waals surface area (Å²) in [4.78, 5) is 0. The molecule has 100 valence electrons. The van der Waals surface area contributed by atoms with E-state index in [0.717, 1.165) is 0 Å². The maximum absolute atomic E-state index is 3.79. The summed E-state index contributed by atoms with van der Waals surface area (Å²) >= 11 is 0. The van der Waals surface area contributed by atoms with Gasteiger partial charge in [-0.2, -0.15) is 0 Å². The Morgan fingerprint density at radius 2 is 1.75 bits per heavy atom. The van der Waals surface area contributed by atoms with Gasteiger partial charge in [0.15, 0.2) is 0 Å². The number of allylic oxidation sites excluding steroid dienone is 5. The third-order valence-electron chi connectivity index (χ3n) is 3.22. The lowest BCUT2D eigenvalue weighted by Gasteiger charge is -2.07. The number of aryl methyl sites for hydroxylation is 1. The lowest BCUT2D eigenvalue weighted by atomic mass is 9.98. The van der Waals surface area contributed by atoms with Crippen molar-refractivity contribution in [3.8, 4) is 11.1 Å². The van der Waals surface area contributed by atoms with E-state index in [9.17, 15) is 0 Å². The monoisotopic (exact) mass is 260 g/mol. The first-order valence-corrected chi connectivity index (χ1v) is 6.87. The molecule has 0 atom stereocenters. The van der Waals surface area contributed by atoms with Crippen molar-refractivity contribution in [2.75, 3.05) is 0 Å². The Kier molecular flexibility index (Phi) is 4.73. The largest absolute Gasteiger partial charge is 0.0990 e. The Hall–Kier alpha value is -2.34. The third kappa shape index (κ3) is 3.36. The first-order chi connectivity index (χ1) is 9.74. The molecule has 0 heteroatoms. The summed E-state index contributed by atoms with van der Waals surface area (Å²) in [6.07, 6.45) is 8.02. The van der Waals surface area contributed by atoms with E-state index in [2.05, 4.69) is 68.1 Å². The quantitative estimate of drug-likeness (QED) is 0.609. The van der Waals surface area contributed by atoms with Crippen molar-refractivity contribution < 1.29 is 0 Å². The van der Waals surface area contributed by atoms with E-state index in [1.54, 1.807) is 0 Å². The van der Waals surface area contributed by atoms with Crippen molar-refractivity contribution >= 4 is 5.57 Å². The summed E-state index contributed by atoms with van der Waals surface area (Å²) in [6.45, 7) is 7.93. The zero-order valence-electron chi connectivity index (χ0n) is 12.1. The average Bonchev–Trinajstić information content (AvgIpc) is 2.48. The van der Waals surface area contributed by atoms with Crippen LogP contribution in [0.4, 0.5) is 0 Å². The van der Waals surface area contributed by atoms with Crippen LogP contribution in [0.1, 0.15) is 18.1 Å². The van der Waals surface area contributed by atoms with E-state index in [4.69, 9.17) is 0 Å². The molecule has 0 fully saturated rings. The van der Waals surface area contributed by atoms with Crippen molar-refractivity contribution in [3.05, 3.63) is 90.5 Å². The van der Waals surface area contributed by atoms with Crippen molar-refractivity contribution in [1.82, 2.24) is 0 Å². The Labute approximate surface area is 121 Å². The van der Waals surface area contributed by atoms with E-state index >= 15 is 0 Å². The van der Waals surface area contributed by atoms with Crippen LogP contribution in [0.5, 0.6) is 0 Å². The van der Waals surface area contributed by atoms with E-state index in [1.807, 2.05) is 25.2 Å². The van der Waals surface area contributed by atoms with Gasteiger partial charge in [-0.3, -0.25) is 0 Å². The van der Waals surface area contributed by atoms with Crippen LogP contribution in [0, 0.1) is 6.92 Å². The van der Waals surface area contributed by atoms with Crippen LogP contribution in [-0.2, 0) is 0 Å². The SMILES string of the molecule is C=C/C=C(\C=C/C)c1cccc(-c2ccc(C)cc2)c1. The van der Waals surface area contributed by atoms with Gasteiger partial charge in [-0.05, 0) is 42.2 Å². The first-order valence-electron chi connectivity index (χ1n) is 6.87. The fraction of sp³-hybridized carbons (Fsp3) is 0.100. The fourth-order valence-corrected chi connectivity index (χ4v) is 2.18. The lowest BCUT2D eigenvalue weighted by molar-refractivity contribution is 1.47. The normalized spacial score (nSPS) is 11.8. The molecule has 0 aliphatic carbocycles. The molecule has 0 saturated carbocycles. The molecule has 0 spiro atoms. The summed E-state index contributed by atoms with van der Waals surface area (Å²) in [5.41, 5.74) is 6.15. The smallest absolute Gasteiger partial charge is 0.0178 e. The highest BCUT2D eigenvalue weighted by Gasteiger charge is 2.01. The van der Waals surface area contributed by atoms with E-state index in [-0.39, 0.29) is 0 Å². The molecule has 0 bridgehead atoms. The summed E-state index contributed by atoms with van der Waals surface area (Å²) in [6, 6.07) is 17.2. The van der Waals surface area contributed by atoms with Gasteiger partial charge in [-0.25, -0.2) is 0 Å². The topological polar surface area (TPSA) is 0 Å². The van der Waals surface area contributed by atoms with Crippen LogP contribution in [-0.4, -0.2) is 0 Å². The minimum absolute atomic E-state index is 1.18. The van der Waals surface area contributed by atoms with Crippen molar-refractivity contribution in [1.29, 1.82) is 0 Å². The minimum atomic E-state index is 1.18. The molecule has 2 aromatic rings. The molecule has 0 aromatic heterocycles. The second kappa shape index (κ2) is 6.72. The molecule has 0 unspecified atom stereocenters. The summed E-state index contributed by atoms with van der Waals surface area (Å²) in [5.74, 6) is 0. The highest BCUT2D eigenvalue weighted by atomic mass is 14.1. The molecule has 0 heterocycles. The molecule has 20 heavy (non-hydrogen) atoms. The predicted octanol–water partition coefficient (Wildman–Crippen LogP) is 5.81. The highest BCUT2D eigenvalue weighted by molar-refractivity contribution is 5.78. The second-order valence-electron chi connectivity index (χ2n) is 4.80. The molecule has 2 rings (SSSR count). The highest BCUT2D eigenvalue weighted by Crippen LogP contribution is 2.25. The standard InChI is InChI=1S/C20H20/c1-4-7-17(8-5-2)19-9-6-10-20(15-19)18-13-11-16(3)12-14-18/h4-15H,1H2,2-3H3/b8-5-,17-7+. The molecule has 2 aromatic carbocycles. The van der Waals surface area contributed by atoms with Crippen LogP contribution in [0.25, 0.3) is 16.7 Å². The summed E-state index contributed by atoms with van der Waals surface area (Å²) in [7, 11) is 0. The van der Waals surface area contributed by atoms with Crippen LogP contribution >= 0.6 is 0 Å². The summed E-state index contributed by atoms with van der Waals surface area (Å²) < 4.78 is 0. The molecular weight excluding hydrogens is 240 g/mol. The molecule has 0 aliphatic heterocycles. The zero-order valence-corrected chi connectivity index (χ0v) is 12.1.